The number of hydrogen-bond donors (Lipinski definition) is 4. The molecule has 0 aromatic heterocycles. The zero-order valence-corrected chi connectivity index (χ0v) is 16.8. The number of rotatable bonds is 12. The number of aliphatic hydroxyl groups excluding tert-OH is 4. The zero-order valence-electron chi connectivity index (χ0n) is 16.8. The summed E-state index contributed by atoms with van der Waals surface area (Å²) in [5.41, 5.74) is 0.201. The van der Waals surface area contributed by atoms with Gasteiger partial charge in [-0.25, -0.2) is 0 Å². The van der Waals surface area contributed by atoms with E-state index < -0.39 is 35.6 Å². The standard InChI is InChI=1S/C22H34O6/c1-2-3-4-5-6-7-8-9-10-11-12-18-20(26)21(27)22(28-18)15-13-16(23)19(25)17(24)14-15/h13-14,16,18-19,23-25,27H,2-12H2,1H3. The molecule has 1 heterocycles. The van der Waals surface area contributed by atoms with Crippen LogP contribution >= 0.6 is 0 Å². The second-order valence-electron chi connectivity index (χ2n) is 7.75. The predicted molar refractivity (Wildman–Crippen MR) is 107 cm³/mol. The minimum Gasteiger partial charge on any atom is -0.509 e. The van der Waals surface area contributed by atoms with Gasteiger partial charge in [0.1, 0.15) is 18.0 Å². The molecule has 0 saturated heterocycles. The largest absolute Gasteiger partial charge is 0.509 e. The van der Waals surface area contributed by atoms with Gasteiger partial charge in [-0.15, -0.1) is 0 Å². The summed E-state index contributed by atoms with van der Waals surface area (Å²) >= 11 is 0. The van der Waals surface area contributed by atoms with Gasteiger partial charge in [0, 0.05) is 5.57 Å². The van der Waals surface area contributed by atoms with E-state index in [1.807, 2.05) is 0 Å². The smallest absolute Gasteiger partial charge is 0.241 e. The monoisotopic (exact) mass is 394 g/mol. The van der Waals surface area contributed by atoms with Crippen LogP contribution in [0.15, 0.2) is 35.0 Å². The maximum Gasteiger partial charge on any atom is 0.241 e. The van der Waals surface area contributed by atoms with Gasteiger partial charge in [-0.2, -0.15) is 0 Å². The first-order valence-electron chi connectivity index (χ1n) is 10.6. The Morgan fingerprint density at radius 1 is 0.929 bits per heavy atom. The summed E-state index contributed by atoms with van der Waals surface area (Å²) in [4.78, 5) is 12.2. The zero-order chi connectivity index (χ0) is 20.5. The van der Waals surface area contributed by atoms with Crippen LogP contribution < -0.4 is 0 Å². The maximum absolute atomic E-state index is 12.2. The van der Waals surface area contributed by atoms with Crippen molar-refractivity contribution in [3.8, 4) is 0 Å². The Morgan fingerprint density at radius 2 is 1.50 bits per heavy atom. The van der Waals surface area contributed by atoms with Gasteiger partial charge in [-0.3, -0.25) is 4.79 Å². The number of carbonyl (C=O) groups is 1. The number of aliphatic hydroxyl groups is 4. The van der Waals surface area contributed by atoms with Crippen LogP contribution in [-0.4, -0.2) is 44.5 Å². The fraction of sp³-hybridized carbons (Fsp3) is 0.682. The van der Waals surface area contributed by atoms with E-state index in [2.05, 4.69) is 6.92 Å². The van der Waals surface area contributed by atoms with Crippen molar-refractivity contribution in [3.63, 3.8) is 0 Å². The van der Waals surface area contributed by atoms with Crippen molar-refractivity contribution in [2.75, 3.05) is 0 Å². The van der Waals surface area contributed by atoms with E-state index in [-0.39, 0.29) is 11.3 Å². The van der Waals surface area contributed by atoms with Gasteiger partial charge in [0.25, 0.3) is 0 Å². The van der Waals surface area contributed by atoms with Gasteiger partial charge < -0.3 is 25.2 Å². The molecule has 0 aromatic carbocycles. The Hall–Kier alpha value is -1.79. The molecular weight excluding hydrogens is 360 g/mol. The van der Waals surface area contributed by atoms with Crippen molar-refractivity contribution in [2.45, 2.75) is 95.9 Å². The van der Waals surface area contributed by atoms with Gasteiger partial charge in [0.05, 0.1) is 0 Å². The summed E-state index contributed by atoms with van der Waals surface area (Å²) < 4.78 is 5.60. The SMILES string of the molecule is CCCCCCCCCCCCC1OC(C2=CC(O)C(O)C(O)=C2)=C(O)C1=O. The lowest BCUT2D eigenvalue weighted by atomic mass is 9.99. The lowest BCUT2D eigenvalue weighted by Crippen LogP contribution is -2.29. The summed E-state index contributed by atoms with van der Waals surface area (Å²) in [6, 6.07) is 0. The molecule has 158 valence electrons. The van der Waals surface area contributed by atoms with E-state index in [9.17, 15) is 25.2 Å². The van der Waals surface area contributed by atoms with Gasteiger partial charge in [0.2, 0.25) is 11.5 Å². The number of Topliss-reactive ketones (excluding diaryl/α,β-unsaturated/α-hetero) is 1. The highest BCUT2D eigenvalue weighted by Crippen LogP contribution is 2.32. The predicted octanol–water partition coefficient (Wildman–Crippen LogP) is 4.14. The van der Waals surface area contributed by atoms with Crippen LogP contribution in [0, 0.1) is 0 Å². The topological polar surface area (TPSA) is 107 Å². The van der Waals surface area contributed by atoms with Crippen LogP contribution in [0.2, 0.25) is 0 Å². The van der Waals surface area contributed by atoms with E-state index in [1.54, 1.807) is 0 Å². The Kier molecular flexibility index (Phi) is 9.06. The molecule has 1 aliphatic heterocycles. The Morgan fingerprint density at radius 3 is 2.07 bits per heavy atom. The molecule has 0 aromatic rings. The van der Waals surface area contributed by atoms with E-state index in [0.717, 1.165) is 19.3 Å². The third kappa shape index (κ3) is 6.11. The van der Waals surface area contributed by atoms with Crippen molar-refractivity contribution < 1.29 is 30.0 Å². The first kappa shape index (κ1) is 22.5. The molecule has 1 aliphatic carbocycles. The first-order valence-corrected chi connectivity index (χ1v) is 10.6. The first-order chi connectivity index (χ1) is 13.5. The molecule has 0 bridgehead atoms. The normalized spacial score (nSPS) is 25.0. The molecule has 4 N–H and O–H groups in total. The number of ether oxygens (including phenoxy) is 1. The van der Waals surface area contributed by atoms with Gasteiger partial charge in [-0.05, 0) is 25.0 Å². The van der Waals surface area contributed by atoms with E-state index in [1.165, 1.54) is 57.1 Å². The third-order valence-corrected chi connectivity index (χ3v) is 5.36. The van der Waals surface area contributed by atoms with Gasteiger partial charge >= 0.3 is 0 Å². The molecule has 0 amide bonds. The molecule has 0 spiro atoms. The lowest BCUT2D eigenvalue weighted by molar-refractivity contribution is -0.123. The van der Waals surface area contributed by atoms with Crippen molar-refractivity contribution in [3.05, 3.63) is 35.0 Å². The highest BCUT2D eigenvalue weighted by atomic mass is 16.5. The maximum atomic E-state index is 12.2. The average Bonchev–Trinajstić information content (AvgIpc) is 2.95. The molecule has 3 unspecified atom stereocenters. The van der Waals surface area contributed by atoms with Crippen LogP contribution in [0.3, 0.4) is 0 Å². The van der Waals surface area contributed by atoms with Crippen LogP contribution in [-0.2, 0) is 9.53 Å². The fourth-order valence-electron chi connectivity index (χ4n) is 3.61. The highest BCUT2D eigenvalue weighted by Gasteiger charge is 2.37. The molecule has 0 fully saturated rings. The van der Waals surface area contributed by atoms with Crippen LogP contribution in [0.25, 0.3) is 0 Å². The molecule has 28 heavy (non-hydrogen) atoms. The summed E-state index contributed by atoms with van der Waals surface area (Å²) in [7, 11) is 0. The number of hydrogen-bond acceptors (Lipinski definition) is 6. The van der Waals surface area contributed by atoms with Crippen molar-refractivity contribution in [2.24, 2.45) is 0 Å². The average molecular weight is 395 g/mol. The molecule has 6 nitrogen and oxygen atoms in total. The fourth-order valence-corrected chi connectivity index (χ4v) is 3.61. The minimum absolute atomic E-state index is 0.0421. The molecule has 6 heteroatoms. The van der Waals surface area contributed by atoms with E-state index in [0.29, 0.717) is 6.42 Å². The summed E-state index contributed by atoms with van der Waals surface area (Å²) in [5, 5.41) is 39.0. The molecule has 0 radical (unpaired) electrons. The van der Waals surface area contributed by atoms with Crippen LogP contribution in [0.1, 0.15) is 77.6 Å². The molecular formula is C22H34O6. The number of allylic oxidation sites excluding steroid dienone is 1. The van der Waals surface area contributed by atoms with Crippen molar-refractivity contribution in [1.82, 2.24) is 0 Å². The van der Waals surface area contributed by atoms with E-state index >= 15 is 0 Å². The van der Waals surface area contributed by atoms with Gasteiger partial charge in [-0.1, -0.05) is 64.7 Å². The quantitative estimate of drug-likeness (QED) is 0.371. The lowest BCUT2D eigenvalue weighted by Gasteiger charge is -2.21. The van der Waals surface area contributed by atoms with Crippen molar-refractivity contribution >= 4 is 5.78 Å². The molecule has 2 aliphatic rings. The highest BCUT2D eigenvalue weighted by molar-refractivity contribution is 6.00. The van der Waals surface area contributed by atoms with Crippen LogP contribution in [0.4, 0.5) is 0 Å². The Bertz CT molecular complexity index is 619. The minimum atomic E-state index is -1.41. The van der Waals surface area contributed by atoms with E-state index in [4.69, 9.17) is 4.74 Å². The van der Waals surface area contributed by atoms with Crippen molar-refractivity contribution in [1.29, 1.82) is 0 Å². The van der Waals surface area contributed by atoms with Crippen LogP contribution in [0.5, 0.6) is 0 Å². The number of carbonyl (C=O) groups excluding carboxylic acids is 1. The molecule has 3 atom stereocenters. The summed E-state index contributed by atoms with van der Waals surface area (Å²) in [6.07, 6.45) is 11.5. The second-order valence-corrected chi connectivity index (χ2v) is 7.75. The Labute approximate surface area is 167 Å². The second kappa shape index (κ2) is 11.3. The molecule has 2 rings (SSSR count). The Balaban J connectivity index is 1.69. The van der Waals surface area contributed by atoms with Gasteiger partial charge in [0.15, 0.2) is 11.9 Å². The number of ketones is 1. The molecule has 0 saturated carbocycles. The summed E-state index contributed by atoms with van der Waals surface area (Å²) in [5.74, 6) is -1.43. The number of unbranched alkanes of at least 4 members (excludes halogenated alkanes) is 9. The third-order valence-electron chi connectivity index (χ3n) is 5.36. The summed E-state index contributed by atoms with van der Waals surface area (Å²) in [6.45, 7) is 2.22.